The number of rotatable bonds is 10. The van der Waals surface area contributed by atoms with E-state index in [2.05, 4.69) is 10.6 Å². The van der Waals surface area contributed by atoms with Crippen molar-refractivity contribution in [3.05, 3.63) is 54.1 Å². The zero-order valence-electron chi connectivity index (χ0n) is 15.8. The summed E-state index contributed by atoms with van der Waals surface area (Å²) >= 11 is 0. The summed E-state index contributed by atoms with van der Waals surface area (Å²) in [5, 5.41) is 5.56. The summed E-state index contributed by atoms with van der Waals surface area (Å²) in [5.74, 6) is 0.736. The summed E-state index contributed by atoms with van der Waals surface area (Å²) in [7, 11) is 1.56. The van der Waals surface area contributed by atoms with Crippen molar-refractivity contribution in [3.8, 4) is 11.5 Å². The molecular weight excluding hydrogens is 382 g/mol. The predicted octanol–water partition coefficient (Wildman–Crippen LogP) is 2.60. The molecule has 0 unspecified atom stereocenters. The fraction of sp³-hybridized carbons (Fsp3) is 0.300. The Labute approximate surface area is 171 Å². The van der Waals surface area contributed by atoms with Crippen LogP contribution in [0.2, 0.25) is 0 Å². The van der Waals surface area contributed by atoms with Gasteiger partial charge in [0.15, 0.2) is 6.61 Å². The summed E-state index contributed by atoms with van der Waals surface area (Å²) < 4.78 is 10.6. The van der Waals surface area contributed by atoms with Gasteiger partial charge >= 0.3 is 0 Å². The van der Waals surface area contributed by atoms with Crippen molar-refractivity contribution in [2.75, 3.05) is 32.1 Å². The highest BCUT2D eigenvalue weighted by molar-refractivity contribution is 5.94. The monoisotopic (exact) mass is 407 g/mol. The number of carbonyl (C=O) groups excluding carboxylic acids is 2. The maximum Gasteiger partial charge on any atom is 0.262 e. The molecule has 2 aromatic carbocycles. The molecule has 2 aromatic rings. The van der Waals surface area contributed by atoms with Gasteiger partial charge < -0.3 is 25.8 Å². The van der Waals surface area contributed by atoms with E-state index in [-0.39, 0.29) is 30.8 Å². The van der Waals surface area contributed by atoms with Crippen molar-refractivity contribution in [3.63, 3.8) is 0 Å². The zero-order valence-corrected chi connectivity index (χ0v) is 16.6. The molecule has 0 saturated carbocycles. The van der Waals surface area contributed by atoms with E-state index in [9.17, 15) is 9.59 Å². The summed E-state index contributed by atoms with van der Waals surface area (Å²) in [6.07, 6.45) is 1.73. The third-order valence-corrected chi connectivity index (χ3v) is 3.76. The Kier molecular flexibility index (Phi) is 10.5. The number of nitrogens with one attached hydrogen (secondary N) is 2. The van der Waals surface area contributed by atoms with Crippen molar-refractivity contribution in [2.24, 2.45) is 5.73 Å². The lowest BCUT2D eigenvalue weighted by molar-refractivity contribution is -0.118. The standard InChI is InChI=1S/C20H25N3O4.ClH/c1-26-18-6-4-5-16(13-18)23-19(24)14-27-17-9-7-15(8-10-17)20(25)22-12-3-2-11-21;/h4-10,13H,2-3,11-12,14,21H2,1H3,(H,22,25)(H,23,24);1H. The van der Waals surface area contributed by atoms with Gasteiger partial charge in [0, 0.05) is 23.9 Å². The summed E-state index contributed by atoms with van der Waals surface area (Å²) in [5.41, 5.74) is 6.59. The number of methoxy groups -OCH3 is 1. The molecule has 2 amide bonds. The van der Waals surface area contributed by atoms with Gasteiger partial charge in [-0.05, 0) is 55.8 Å². The first kappa shape index (κ1) is 23.3. The van der Waals surface area contributed by atoms with Crippen LogP contribution in [0.1, 0.15) is 23.2 Å². The Bertz CT molecular complexity index is 753. The van der Waals surface area contributed by atoms with E-state index in [0.29, 0.717) is 35.8 Å². The van der Waals surface area contributed by atoms with Gasteiger partial charge in [0.1, 0.15) is 11.5 Å². The van der Waals surface area contributed by atoms with Crippen LogP contribution in [0.25, 0.3) is 0 Å². The molecule has 2 rings (SSSR count). The van der Waals surface area contributed by atoms with Gasteiger partial charge in [-0.2, -0.15) is 0 Å². The van der Waals surface area contributed by atoms with E-state index in [4.69, 9.17) is 15.2 Å². The van der Waals surface area contributed by atoms with Gasteiger partial charge in [0.25, 0.3) is 11.8 Å². The molecule has 0 saturated heterocycles. The third kappa shape index (κ3) is 7.85. The second-order valence-corrected chi connectivity index (χ2v) is 5.84. The minimum Gasteiger partial charge on any atom is -0.497 e. The largest absolute Gasteiger partial charge is 0.497 e. The highest BCUT2D eigenvalue weighted by atomic mass is 35.5. The Balaban J connectivity index is 0.00000392. The van der Waals surface area contributed by atoms with Crippen LogP contribution >= 0.6 is 12.4 Å². The summed E-state index contributed by atoms with van der Waals surface area (Å²) in [6.45, 7) is 1.08. The number of carbonyl (C=O) groups is 2. The topological polar surface area (TPSA) is 103 Å². The Morgan fingerprint density at radius 2 is 1.79 bits per heavy atom. The van der Waals surface area contributed by atoms with Gasteiger partial charge in [-0.25, -0.2) is 0 Å². The zero-order chi connectivity index (χ0) is 19.5. The fourth-order valence-corrected chi connectivity index (χ4v) is 2.32. The first-order chi connectivity index (χ1) is 13.1. The minimum atomic E-state index is -0.287. The lowest BCUT2D eigenvalue weighted by atomic mass is 10.2. The second kappa shape index (κ2) is 12.6. The Hall–Kier alpha value is -2.77. The van der Waals surface area contributed by atoms with E-state index >= 15 is 0 Å². The molecule has 0 aliphatic rings. The first-order valence-corrected chi connectivity index (χ1v) is 8.77. The smallest absolute Gasteiger partial charge is 0.262 e. The average molecular weight is 408 g/mol. The number of benzene rings is 2. The maximum atomic E-state index is 12.0. The SMILES string of the molecule is COc1cccc(NC(=O)COc2ccc(C(=O)NCCCCN)cc2)c1.Cl. The van der Waals surface area contributed by atoms with E-state index in [1.165, 1.54) is 0 Å². The fourth-order valence-electron chi connectivity index (χ4n) is 2.32. The molecule has 0 aromatic heterocycles. The molecule has 28 heavy (non-hydrogen) atoms. The lowest BCUT2D eigenvalue weighted by Gasteiger charge is -2.09. The number of amides is 2. The van der Waals surface area contributed by atoms with Crippen molar-refractivity contribution in [1.82, 2.24) is 5.32 Å². The average Bonchev–Trinajstić information content (AvgIpc) is 2.70. The number of unbranched alkanes of at least 4 members (excludes halogenated alkanes) is 1. The van der Waals surface area contributed by atoms with Gasteiger partial charge in [0.05, 0.1) is 7.11 Å². The number of anilines is 1. The van der Waals surface area contributed by atoms with Crippen LogP contribution in [0.5, 0.6) is 11.5 Å². The van der Waals surface area contributed by atoms with Crippen LogP contribution < -0.4 is 25.8 Å². The van der Waals surface area contributed by atoms with Gasteiger partial charge in [-0.15, -0.1) is 12.4 Å². The third-order valence-electron chi connectivity index (χ3n) is 3.76. The molecule has 4 N–H and O–H groups in total. The van der Waals surface area contributed by atoms with Gasteiger partial charge in [-0.3, -0.25) is 9.59 Å². The van der Waals surface area contributed by atoms with Crippen LogP contribution in [0.15, 0.2) is 48.5 Å². The van der Waals surface area contributed by atoms with Crippen LogP contribution in [0.3, 0.4) is 0 Å². The van der Waals surface area contributed by atoms with Crippen LogP contribution in [0, 0.1) is 0 Å². The number of halogens is 1. The molecule has 0 fully saturated rings. The molecule has 0 aliphatic heterocycles. The highest BCUT2D eigenvalue weighted by Gasteiger charge is 2.07. The van der Waals surface area contributed by atoms with Gasteiger partial charge in [-0.1, -0.05) is 6.07 Å². The number of hydrogen-bond acceptors (Lipinski definition) is 5. The van der Waals surface area contributed by atoms with E-state index in [0.717, 1.165) is 12.8 Å². The molecule has 0 atom stereocenters. The first-order valence-electron chi connectivity index (χ1n) is 8.77. The van der Waals surface area contributed by atoms with Crippen molar-refractivity contribution in [2.45, 2.75) is 12.8 Å². The number of nitrogens with two attached hydrogens (primary N) is 1. The Morgan fingerprint density at radius 3 is 2.46 bits per heavy atom. The molecule has 0 bridgehead atoms. The van der Waals surface area contributed by atoms with Crippen LogP contribution in [0.4, 0.5) is 5.69 Å². The quantitative estimate of drug-likeness (QED) is 0.525. The molecule has 152 valence electrons. The molecular formula is C20H26ClN3O4. The van der Waals surface area contributed by atoms with Crippen LogP contribution in [-0.4, -0.2) is 38.6 Å². The molecule has 8 heteroatoms. The van der Waals surface area contributed by atoms with E-state index < -0.39 is 0 Å². The molecule has 0 aliphatic carbocycles. The number of ether oxygens (including phenoxy) is 2. The summed E-state index contributed by atoms with van der Waals surface area (Å²) in [6, 6.07) is 13.7. The van der Waals surface area contributed by atoms with Crippen molar-refractivity contribution < 1.29 is 19.1 Å². The number of hydrogen-bond donors (Lipinski definition) is 3. The molecule has 0 heterocycles. The normalized spacial score (nSPS) is 9.79. The van der Waals surface area contributed by atoms with E-state index in [1.807, 2.05) is 0 Å². The second-order valence-electron chi connectivity index (χ2n) is 5.84. The maximum absolute atomic E-state index is 12.0. The van der Waals surface area contributed by atoms with Crippen molar-refractivity contribution >= 4 is 29.9 Å². The summed E-state index contributed by atoms with van der Waals surface area (Å²) in [4.78, 5) is 24.0. The Morgan fingerprint density at radius 1 is 1.04 bits per heavy atom. The molecule has 7 nitrogen and oxygen atoms in total. The minimum absolute atomic E-state index is 0. The predicted molar refractivity (Wildman–Crippen MR) is 111 cm³/mol. The highest BCUT2D eigenvalue weighted by Crippen LogP contribution is 2.17. The molecule has 0 spiro atoms. The van der Waals surface area contributed by atoms with Gasteiger partial charge in [0.2, 0.25) is 0 Å². The van der Waals surface area contributed by atoms with Crippen LogP contribution in [-0.2, 0) is 4.79 Å². The lowest BCUT2D eigenvalue weighted by Crippen LogP contribution is -2.24. The van der Waals surface area contributed by atoms with Crippen molar-refractivity contribution in [1.29, 1.82) is 0 Å². The van der Waals surface area contributed by atoms with E-state index in [1.54, 1.807) is 55.6 Å². The molecule has 0 radical (unpaired) electrons.